The van der Waals surface area contributed by atoms with Crippen LogP contribution in [0.2, 0.25) is 5.02 Å². The summed E-state index contributed by atoms with van der Waals surface area (Å²) in [7, 11) is 0. The van der Waals surface area contributed by atoms with Gasteiger partial charge in [-0.1, -0.05) is 41.1 Å². The van der Waals surface area contributed by atoms with Crippen LogP contribution in [0, 0.1) is 6.92 Å². The molecule has 5 rings (SSSR count). The number of carbonyl (C=O) groups is 1. The Morgan fingerprint density at radius 1 is 1.10 bits per heavy atom. The van der Waals surface area contributed by atoms with Gasteiger partial charge in [-0.25, -0.2) is 4.68 Å². The van der Waals surface area contributed by atoms with Crippen molar-refractivity contribution in [3.8, 4) is 5.69 Å². The van der Waals surface area contributed by atoms with Crippen LogP contribution in [-0.2, 0) is 0 Å². The van der Waals surface area contributed by atoms with Gasteiger partial charge in [0.25, 0.3) is 5.91 Å². The minimum Gasteiger partial charge on any atom is -0.349 e. The van der Waals surface area contributed by atoms with E-state index in [4.69, 9.17) is 16.6 Å². The number of aromatic nitrogens is 3. The monoisotopic (exact) mass is 451 g/mol. The highest BCUT2D eigenvalue weighted by atomic mass is 35.5. The standard InChI is InChI=1S/C23H22ClN5OS/c1-15-20-21(29(27-15)19-5-3-2-4-6-19)26-23(31-20)28-13-11-18(12-14-28)25-22(30)16-7-9-17(24)10-8-16/h2-10,18H,11-14H2,1H3,(H,25,30). The van der Waals surface area contributed by atoms with Crippen molar-refractivity contribution in [2.75, 3.05) is 18.0 Å². The van der Waals surface area contributed by atoms with Crippen LogP contribution in [0.4, 0.5) is 5.13 Å². The number of rotatable bonds is 4. The van der Waals surface area contributed by atoms with Crippen molar-refractivity contribution in [3.05, 3.63) is 70.9 Å². The number of amides is 1. The Kier molecular flexibility index (Phi) is 5.38. The maximum Gasteiger partial charge on any atom is 0.251 e. The van der Waals surface area contributed by atoms with Gasteiger partial charge in [0.05, 0.1) is 16.1 Å². The van der Waals surface area contributed by atoms with Gasteiger partial charge in [-0.05, 0) is 56.2 Å². The van der Waals surface area contributed by atoms with E-state index in [-0.39, 0.29) is 11.9 Å². The molecule has 0 atom stereocenters. The Bertz CT molecular complexity index is 1210. The third kappa shape index (κ3) is 4.03. The van der Waals surface area contributed by atoms with Gasteiger partial charge in [0.1, 0.15) is 0 Å². The molecule has 31 heavy (non-hydrogen) atoms. The number of para-hydroxylation sites is 1. The van der Waals surface area contributed by atoms with Crippen LogP contribution in [0.25, 0.3) is 16.0 Å². The molecule has 0 aliphatic carbocycles. The highest BCUT2D eigenvalue weighted by Gasteiger charge is 2.25. The molecule has 0 spiro atoms. The summed E-state index contributed by atoms with van der Waals surface area (Å²) in [5, 5.41) is 9.47. The summed E-state index contributed by atoms with van der Waals surface area (Å²) in [6.45, 7) is 3.75. The molecule has 0 saturated carbocycles. The first kappa shape index (κ1) is 20.0. The first-order valence-electron chi connectivity index (χ1n) is 10.3. The number of anilines is 1. The fraction of sp³-hybridized carbons (Fsp3) is 0.261. The highest BCUT2D eigenvalue weighted by Crippen LogP contribution is 2.33. The van der Waals surface area contributed by atoms with Crippen LogP contribution in [0.3, 0.4) is 0 Å². The van der Waals surface area contributed by atoms with E-state index in [1.165, 1.54) is 0 Å². The Morgan fingerprint density at radius 3 is 2.52 bits per heavy atom. The van der Waals surface area contributed by atoms with Gasteiger partial charge in [-0.3, -0.25) is 4.79 Å². The zero-order chi connectivity index (χ0) is 21.4. The largest absolute Gasteiger partial charge is 0.349 e. The maximum atomic E-state index is 12.5. The van der Waals surface area contributed by atoms with Gasteiger partial charge in [0.2, 0.25) is 0 Å². The lowest BCUT2D eigenvalue weighted by Gasteiger charge is -2.32. The number of hydrogen-bond donors (Lipinski definition) is 1. The normalized spacial score (nSPS) is 14.8. The second-order valence-electron chi connectivity index (χ2n) is 7.72. The van der Waals surface area contributed by atoms with Gasteiger partial charge in [0.15, 0.2) is 10.8 Å². The van der Waals surface area contributed by atoms with Crippen LogP contribution in [0.5, 0.6) is 0 Å². The Hall–Kier alpha value is -2.90. The van der Waals surface area contributed by atoms with Crippen LogP contribution in [0.15, 0.2) is 54.6 Å². The number of nitrogens with one attached hydrogen (secondary N) is 1. The lowest BCUT2D eigenvalue weighted by Crippen LogP contribution is -2.44. The molecule has 0 unspecified atom stereocenters. The first-order chi connectivity index (χ1) is 15.1. The molecule has 2 aromatic heterocycles. The average Bonchev–Trinajstić information content (AvgIpc) is 3.36. The fourth-order valence-electron chi connectivity index (χ4n) is 3.89. The molecular formula is C23H22ClN5OS. The predicted octanol–water partition coefficient (Wildman–Crippen LogP) is 4.84. The zero-order valence-electron chi connectivity index (χ0n) is 17.1. The molecule has 1 aliphatic rings. The summed E-state index contributed by atoms with van der Waals surface area (Å²) in [5.41, 5.74) is 3.55. The van der Waals surface area contributed by atoms with Gasteiger partial charge in [-0.2, -0.15) is 10.1 Å². The molecule has 2 aromatic carbocycles. The Morgan fingerprint density at radius 2 is 1.81 bits per heavy atom. The summed E-state index contributed by atoms with van der Waals surface area (Å²) >= 11 is 7.60. The summed E-state index contributed by atoms with van der Waals surface area (Å²) < 4.78 is 3.04. The number of hydrogen-bond acceptors (Lipinski definition) is 5. The van der Waals surface area contributed by atoms with E-state index in [0.717, 1.165) is 52.8 Å². The molecular weight excluding hydrogens is 430 g/mol. The topological polar surface area (TPSA) is 63.1 Å². The summed E-state index contributed by atoms with van der Waals surface area (Å²) in [6.07, 6.45) is 1.78. The molecule has 1 aliphatic heterocycles. The third-order valence-electron chi connectivity index (χ3n) is 5.59. The van der Waals surface area contributed by atoms with Crippen molar-refractivity contribution in [1.82, 2.24) is 20.1 Å². The van der Waals surface area contributed by atoms with E-state index in [9.17, 15) is 4.79 Å². The summed E-state index contributed by atoms with van der Waals surface area (Å²) in [5.74, 6) is -0.0475. The van der Waals surface area contributed by atoms with Crippen molar-refractivity contribution in [2.45, 2.75) is 25.8 Å². The number of thiazole rings is 1. The quantitative estimate of drug-likeness (QED) is 0.482. The highest BCUT2D eigenvalue weighted by molar-refractivity contribution is 7.22. The van der Waals surface area contributed by atoms with Crippen molar-refractivity contribution >= 4 is 44.3 Å². The molecule has 158 valence electrons. The zero-order valence-corrected chi connectivity index (χ0v) is 18.7. The molecule has 8 heteroatoms. The van der Waals surface area contributed by atoms with Crippen molar-refractivity contribution in [3.63, 3.8) is 0 Å². The maximum absolute atomic E-state index is 12.5. The summed E-state index contributed by atoms with van der Waals surface area (Å²) in [6, 6.07) is 17.3. The molecule has 0 radical (unpaired) electrons. The van der Waals surface area contributed by atoms with Crippen molar-refractivity contribution < 1.29 is 4.79 Å². The number of fused-ring (bicyclic) bond motifs is 1. The number of carbonyl (C=O) groups excluding carboxylic acids is 1. The lowest BCUT2D eigenvalue weighted by atomic mass is 10.0. The summed E-state index contributed by atoms with van der Waals surface area (Å²) in [4.78, 5) is 19.7. The van der Waals surface area contributed by atoms with E-state index in [1.807, 2.05) is 41.9 Å². The molecule has 1 N–H and O–H groups in total. The lowest BCUT2D eigenvalue weighted by molar-refractivity contribution is 0.0931. The Labute approximate surface area is 189 Å². The SMILES string of the molecule is Cc1nn(-c2ccccc2)c2nc(N3CCC(NC(=O)c4ccc(Cl)cc4)CC3)sc12. The molecule has 0 bridgehead atoms. The molecule has 1 amide bonds. The number of piperidine rings is 1. The second-order valence-corrected chi connectivity index (χ2v) is 9.14. The van der Waals surface area contributed by atoms with Gasteiger partial charge in [0, 0.05) is 29.7 Å². The smallest absolute Gasteiger partial charge is 0.251 e. The Balaban J connectivity index is 1.27. The van der Waals surface area contributed by atoms with E-state index >= 15 is 0 Å². The van der Waals surface area contributed by atoms with Crippen molar-refractivity contribution in [2.24, 2.45) is 0 Å². The minimum absolute atomic E-state index is 0.0475. The minimum atomic E-state index is -0.0475. The molecule has 6 nitrogen and oxygen atoms in total. The van der Waals surface area contributed by atoms with E-state index < -0.39 is 0 Å². The number of aryl methyl sites for hydroxylation is 1. The van der Waals surface area contributed by atoms with Crippen LogP contribution < -0.4 is 10.2 Å². The first-order valence-corrected chi connectivity index (χ1v) is 11.5. The van der Waals surface area contributed by atoms with Crippen LogP contribution in [-0.4, -0.2) is 39.8 Å². The predicted molar refractivity (Wildman–Crippen MR) is 126 cm³/mol. The number of benzene rings is 2. The molecule has 3 heterocycles. The van der Waals surface area contributed by atoms with E-state index in [0.29, 0.717) is 10.6 Å². The molecule has 1 saturated heterocycles. The fourth-order valence-corrected chi connectivity index (χ4v) is 5.06. The number of nitrogens with zero attached hydrogens (tertiary/aromatic N) is 4. The van der Waals surface area contributed by atoms with Crippen LogP contribution in [0.1, 0.15) is 28.9 Å². The molecule has 1 fully saturated rings. The molecule has 4 aromatic rings. The van der Waals surface area contributed by atoms with Gasteiger partial charge < -0.3 is 10.2 Å². The number of halogens is 1. The van der Waals surface area contributed by atoms with Gasteiger partial charge >= 0.3 is 0 Å². The van der Waals surface area contributed by atoms with E-state index in [2.05, 4.69) is 15.3 Å². The second kappa shape index (κ2) is 8.32. The van der Waals surface area contributed by atoms with Gasteiger partial charge in [-0.15, -0.1) is 0 Å². The average molecular weight is 452 g/mol. The third-order valence-corrected chi connectivity index (χ3v) is 7.05. The van der Waals surface area contributed by atoms with E-state index in [1.54, 1.807) is 35.6 Å². The van der Waals surface area contributed by atoms with Crippen molar-refractivity contribution in [1.29, 1.82) is 0 Å². The van der Waals surface area contributed by atoms with Crippen LogP contribution >= 0.6 is 22.9 Å².